The number of hydrogen-bond acceptors (Lipinski definition) is 6. The molecule has 1 aromatic heterocycles. The van der Waals surface area contributed by atoms with E-state index in [9.17, 15) is 8.42 Å². The second kappa shape index (κ2) is 5.15. The molecule has 2 rings (SSSR count). The number of hydrogen-bond donors (Lipinski definition) is 2. The first-order valence-electron chi connectivity index (χ1n) is 5.57. The summed E-state index contributed by atoms with van der Waals surface area (Å²) < 4.78 is 23.4. The third-order valence-electron chi connectivity index (χ3n) is 2.89. The van der Waals surface area contributed by atoms with Gasteiger partial charge in [0.1, 0.15) is 10.7 Å². The third kappa shape index (κ3) is 2.75. The molecule has 0 radical (unpaired) electrons. The second-order valence-corrected chi connectivity index (χ2v) is 6.97. The van der Waals surface area contributed by atoms with Crippen LogP contribution in [0.4, 0.5) is 5.82 Å². The normalized spacial score (nSPS) is 21.7. The first-order chi connectivity index (χ1) is 8.50. The molecule has 0 bridgehead atoms. The number of aromatic nitrogens is 2. The van der Waals surface area contributed by atoms with Gasteiger partial charge < -0.3 is 11.1 Å². The Balaban J connectivity index is 2.09. The molecule has 98 valence electrons. The van der Waals surface area contributed by atoms with Crippen molar-refractivity contribution in [1.29, 1.82) is 0 Å². The smallest absolute Gasteiger partial charge is 0.155 e. The van der Waals surface area contributed by atoms with Crippen molar-refractivity contribution >= 4 is 32.9 Å². The van der Waals surface area contributed by atoms with Crippen molar-refractivity contribution < 1.29 is 8.42 Å². The first kappa shape index (κ1) is 13.2. The SMILES string of the molecule is NC(=S)c1nccnc1NCC1CCCS1(=O)=O. The summed E-state index contributed by atoms with van der Waals surface area (Å²) in [6.45, 7) is 0.316. The maximum absolute atomic E-state index is 11.7. The van der Waals surface area contributed by atoms with E-state index in [1.165, 1.54) is 12.4 Å². The van der Waals surface area contributed by atoms with Gasteiger partial charge in [0.15, 0.2) is 15.7 Å². The molecule has 18 heavy (non-hydrogen) atoms. The van der Waals surface area contributed by atoms with Crippen LogP contribution in [0.1, 0.15) is 18.5 Å². The summed E-state index contributed by atoms with van der Waals surface area (Å²) in [6.07, 6.45) is 4.40. The van der Waals surface area contributed by atoms with E-state index in [0.29, 0.717) is 24.5 Å². The average molecular weight is 286 g/mol. The van der Waals surface area contributed by atoms with E-state index in [1.54, 1.807) is 0 Å². The summed E-state index contributed by atoms with van der Waals surface area (Å²) in [5.74, 6) is 0.703. The molecule has 1 atom stereocenters. The van der Waals surface area contributed by atoms with Crippen LogP contribution in [-0.4, -0.2) is 40.9 Å². The van der Waals surface area contributed by atoms with E-state index in [2.05, 4.69) is 15.3 Å². The summed E-state index contributed by atoms with van der Waals surface area (Å²) in [7, 11) is -2.97. The second-order valence-electron chi connectivity index (χ2n) is 4.13. The molecule has 0 aliphatic carbocycles. The van der Waals surface area contributed by atoms with Crippen LogP contribution in [0.25, 0.3) is 0 Å². The molecular formula is C10H14N4O2S2. The van der Waals surface area contributed by atoms with Crippen LogP contribution in [0.3, 0.4) is 0 Å². The molecule has 1 fully saturated rings. The highest BCUT2D eigenvalue weighted by Gasteiger charge is 2.31. The summed E-state index contributed by atoms with van der Waals surface area (Å²) in [6, 6.07) is 0. The standard InChI is InChI=1S/C10H14N4O2S2/c11-9(17)8-10(13-4-3-12-8)14-6-7-2-1-5-18(7,15)16/h3-4,7H,1-2,5-6H2,(H2,11,17)(H,13,14). The van der Waals surface area contributed by atoms with Crippen LogP contribution < -0.4 is 11.1 Å². The lowest BCUT2D eigenvalue weighted by Crippen LogP contribution is -2.26. The Kier molecular flexibility index (Phi) is 3.76. The molecule has 1 saturated heterocycles. The quantitative estimate of drug-likeness (QED) is 0.757. The number of anilines is 1. The molecule has 0 saturated carbocycles. The number of thiocarbonyl (C=S) groups is 1. The van der Waals surface area contributed by atoms with E-state index < -0.39 is 9.84 Å². The molecule has 3 N–H and O–H groups in total. The van der Waals surface area contributed by atoms with Crippen LogP contribution in [0.5, 0.6) is 0 Å². The topological polar surface area (TPSA) is 98.0 Å². The predicted molar refractivity (Wildman–Crippen MR) is 73.2 cm³/mol. The van der Waals surface area contributed by atoms with E-state index >= 15 is 0 Å². The van der Waals surface area contributed by atoms with Crippen molar-refractivity contribution in [2.75, 3.05) is 17.6 Å². The van der Waals surface area contributed by atoms with E-state index in [0.717, 1.165) is 6.42 Å². The molecular weight excluding hydrogens is 272 g/mol. The molecule has 1 aromatic rings. The molecule has 6 nitrogen and oxygen atoms in total. The Morgan fingerprint density at radius 1 is 1.50 bits per heavy atom. The lowest BCUT2D eigenvalue weighted by atomic mass is 10.2. The summed E-state index contributed by atoms with van der Waals surface area (Å²) in [4.78, 5) is 8.23. The Labute approximate surface area is 111 Å². The zero-order valence-corrected chi connectivity index (χ0v) is 11.3. The van der Waals surface area contributed by atoms with Crippen molar-refractivity contribution in [3.05, 3.63) is 18.1 Å². The lowest BCUT2D eigenvalue weighted by Gasteiger charge is -2.12. The zero-order chi connectivity index (χ0) is 13.2. The van der Waals surface area contributed by atoms with Gasteiger partial charge in [0, 0.05) is 18.9 Å². The zero-order valence-electron chi connectivity index (χ0n) is 9.67. The summed E-state index contributed by atoms with van der Waals surface area (Å²) in [5.41, 5.74) is 5.91. The summed E-state index contributed by atoms with van der Waals surface area (Å²) in [5, 5.41) is 2.61. The minimum absolute atomic E-state index is 0.139. The van der Waals surface area contributed by atoms with Crippen molar-refractivity contribution in [2.24, 2.45) is 5.73 Å². The minimum Gasteiger partial charge on any atom is -0.388 e. The monoisotopic (exact) mass is 286 g/mol. The van der Waals surface area contributed by atoms with Crippen LogP contribution in [0.15, 0.2) is 12.4 Å². The fraction of sp³-hybridized carbons (Fsp3) is 0.500. The molecule has 1 aliphatic heterocycles. The Hall–Kier alpha value is -1.28. The van der Waals surface area contributed by atoms with Gasteiger partial charge >= 0.3 is 0 Å². The van der Waals surface area contributed by atoms with Gasteiger partial charge in [-0.15, -0.1) is 0 Å². The number of rotatable bonds is 4. The molecule has 0 aromatic carbocycles. The van der Waals surface area contributed by atoms with E-state index in [1.807, 2.05) is 0 Å². The predicted octanol–water partition coefficient (Wildman–Crippen LogP) is 0.0999. The van der Waals surface area contributed by atoms with Gasteiger partial charge in [-0.05, 0) is 12.8 Å². The number of nitrogens with zero attached hydrogens (tertiary/aromatic N) is 2. The van der Waals surface area contributed by atoms with Crippen LogP contribution in [0, 0.1) is 0 Å². The van der Waals surface area contributed by atoms with Gasteiger partial charge in [0.05, 0.1) is 11.0 Å². The van der Waals surface area contributed by atoms with Gasteiger partial charge in [-0.1, -0.05) is 12.2 Å². The maximum atomic E-state index is 11.7. The van der Waals surface area contributed by atoms with E-state index in [-0.39, 0.29) is 16.0 Å². The fourth-order valence-electron chi connectivity index (χ4n) is 1.95. The van der Waals surface area contributed by atoms with Gasteiger partial charge in [-0.2, -0.15) is 0 Å². The fourth-order valence-corrected chi connectivity index (χ4v) is 3.86. The van der Waals surface area contributed by atoms with Crippen molar-refractivity contribution in [1.82, 2.24) is 9.97 Å². The Morgan fingerprint density at radius 3 is 2.83 bits per heavy atom. The Morgan fingerprint density at radius 2 is 2.22 bits per heavy atom. The van der Waals surface area contributed by atoms with Gasteiger partial charge in [-0.25, -0.2) is 18.4 Å². The highest BCUT2D eigenvalue weighted by molar-refractivity contribution is 7.92. The lowest BCUT2D eigenvalue weighted by molar-refractivity contribution is 0.591. The molecule has 2 heterocycles. The highest BCUT2D eigenvalue weighted by Crippen LogP contribution is 2.20. The maximum Gasteiger partial charge on any atom is 0.155 e. The summed E-state index contributed by atoms with van der Waals surface area (Å²) >= 11 is 4.86. The van der Waals surface area contributed by atoms with Gasteiger partial charge in [-0.3, -0.25) is 0 Å². The van der Waals surface area contributed by atoms with Crippen LogP contribution in [0.2, 0.25) is 0 Å². The third-order valence-corrected chi connectivity index (χ3v) is 5.36. The van der Waals surface area contributed by atoms with E-state index in [4.69, 9.17) is 18.0 Å². The minimum atomic E-state index is -2.97. The number of nitrogens with two attached hydrogens (primary N) is 1. The Bertz CT molecular complexity index is 559. The van der Waals surface area contributed by atoms with Gasteiger partial charge in [0.2, 0.25) is 0 Å². The van der Waals surface area contributed by atoms with Crippen molar-refractivity contribution in [2.45, 2.75) is 18.1 Å². The average Bonchev–Trinajstić information content (AvgIpc) is 2.66. The number of sulfone groups is 1. The largest absolute Gasteiger partial charge is 0.388 e. The number of nitrogens with one attached hydrogen (secondary N) is 1. The van der Waals surface area contributed by atoms with Crippen molar-refractivity contribution in [3.8, 4) is 0 Å². The van der Waals surface area contributed by atoms with Crippen LogP contribution >= 0.6 is 12.2 Å². The molecule has 1 aliphatic rings. The molecule has 0 amide bonds. The van der Waals surface area contributed by atoms with Gasteiger partial charge in [0.25, 0.3) is 0 Å². The molecule has 0 spiro atoms. The molecule has 8 heteroatoms. The highest BCUT2D eigenvalue weighted by atomic mass is 32.2. The molecule has 1 unspecified atom stereocenters. The van der Waals surface area contributed by atoms with Crippen molar-refractivity contribution in [3.63, 3.8) is 0 Å². The van der Waals surface area contributed by atoms with Crippen LogP contribution in [-0.2, 0) is 9.84 Å². The first-order valence-corrected chi connectivity index (χ1v) is 7.69.